The van der Waals surface area contributed by atoms with Crippen molar-refractivity contribution in [2.75, 3.05) is 6.61 Å². The predicted molar refractivity (Wildman–Crippen MR) is 134 cm³/mol. The monoisotopic (exact) mass is 499 g/mol. The van der Waals surface area contributed by atoms with Gasteiger partial charge in [-0.1, -0.05) is 55.2 Å². The van der Waals surface area contributed by atoms with E-state index < -0.39 is 0 Å². The minimum Gasteiger partial charge on any atom is -0.493 e. The summed E-state index contributed by atoms with van der Waals surface area (Å²) in [6.07, 6.45) is 0.730. The molecule has 3 heterocycles. The molecule has 4 aromatic rings. The molecule has 2 aromatic carbocycles. The Hall–Kier alpha value is -2.54. The molecule has 1 N–H and O–H groups in total. The zero-order chi connectivity index (χ0) is 23.3. The summed E-state index contributed by atoms with van der Waals surface area (Å²) in [5, 5.41) is 9.16. The number of hydrogen-bond donors (Lipinski definition) is 1. The third-order valence-corrected chi connectivity index (χ3v) is 7.45. The molecule has 0 bridgehead atoms. The number of aromatic nitrogens is 2. The molecule has 5 rings (SSSR count). The average molecular weight is 500 g/mol. The Bertz CT molecular complexity index is 1360. The van der Waals surface area contributed by atoms with E-state index in [1.54, 1.807) is 6.07 Å². The summed E-state index contributed by atoms with van der Waals surface area (Å²) < 4.78 is 7.66. The number of carbonyl (C=O) groups is 1. The first-order valence-corrected chi connectivity index (χ1v) is 12.4. The van der Waals surface area contributed by atoms with Gasteiger partial charge < -0.3 is 10.1 Å². The van der Waals surface area contributed by atoms with Gasteiger partial charge in [0.25, 0.3) is 5.91 Å². The molecule has 8 heteroatoms. The molecule has 1 aliphatic heterocycles. The number of halogens is 2. The van der Waals surface area contributed by atoms with Gasteiger partial charge >= 0.3 is 0 Å². The van der Waals surface area contributed by atoms with Gasteiger partial charge in [-0.2, -0.15) is 5.10 Å². The third-order valence-electron chi connectivity index (χ3n) is 5.85. The maximum absolute atomic E-state index is 13.5. The molecule has 0 aliphatic carbocycles. The lowest BCUT2D eigenvalue weighted by Gasteiger charge is -2.26. The number of nitrogens with one attached hydrogen (secondary N) is 1. The van der Waals surface area contributed by atoms with Gasteiger partial charge in [0.15, 0.2) is 0 Å². The Kier molecular flexibility index (Phi) is 5.85. The van der Waals surface area contributed by atoms with Gasteiger partial charge in [0.1, 0.15) is 15.5 Å². The number of para-hydroxylation sites is 1. The molecular weight excluding hydrogens is 477 g/mol. The van der Waals surface area contributed by atoms with Crippen LogP contribution in [0.3, 0.4) is 0 Å². The fraction of sp³-hybridized carbons (Fsp3) is 0.280. The lowest BCUT2D eigenvalue weighted by atomic mass is 10.0. The molecule has 1 aliphatic rings. The molecule has 0 fully saturated rings. The van der Waals surface area contributed by atoms with Gasteiger partial charge in [-0.05, 0) is 42.7 Å². The molecule has 1 unspecified atom stereocenters. The highest BCUT2D eigenvalue weighted by molar-refractivity contribution is 7.20. The topological polar surface area (TPSA) is 55.6 Å². The lowest BCUT2D eigenvalue weighted by molar-refractivity contribution is 0.0927. The number of nitrogens with zero attached hydrogens (tertiary/aromatic N) is 2. The highest BCUT2D eigenvalue weighted by Crippen LogP contribution is 2.39. The van der Waals surface area contributed by atoms with E-state index in [9.17, 15) is 4.79 Å². The maximum atomic E-state index is 13.5. The van der Waals surface area contributed by atoms with Gasteiger partial charge in [0.05, 0.1) is 24.0 Å². The van der Waals surface area contributed by atoms with Crippen LogP contribution in [-0.2, 0) is 0 Å². The lowest BCUT2D eigenvalue weighted by Crippen LogP contribution is -2.32. The fourth-order valence-electron chi connectivity index (χ4n) is 4.42. The normalized spacial score (nSPS) is 15.5. The van der Waals surface area contributed by atoms with Crippen LogP contribution >= 0.6 is 34.5 Å². The summed E-state index contributed by atoms with van der Waals surface area (Å²) in [4.78, 5) is 15.1. The zero-order valence-electron chi connectivity index (χ0n) is 18.5. The van der Waals surface area contributed by atoms with Crippen molar-refractivity contribution >= 4 is 45.3 Å². The number of carbonyl (C=O) groups excluding carboxylic acids is 1. The van der Waals surface area contributed by atoms with Crippen LogP contribution in [0.5, 0.6) is 5.75 Å². The number of benzene rings is 2. The van der Waals surface area contributed by atoms with Crippen molar-refractivity contribution in [1.82, 2.24) is 14.9 Å². The summed E-state index contributed by atoms with van der Waals surface area (Å²) in [6, 6.07) is 13.2. The smallest absolute Gasteiger partial charge is 0.263 e. The fourth-order valence-corrected chi connectivity index (χ4v) is 6.32. The van der Waals surface area contributed by atoms with E-state index in [2.05, 4.69) is 19.2 Å². The van der Waals surface area contributed by atoms with Crippen molar-refractivity contribution in [1.29, 1.82) is 0 Å². The number of rotatable bonds is 4. The molecule has 170 valence electrons. The van der Waals surface area contributed by atoms with Crippen LogP contribution in [0, 0.1) is 6.92 Å². The van der Waals surface area contributed by atoms with Crippen molar-refractivity contribution < 1.29 is 9.53 Å². The first kappa shape index (κ1) is 22.3. The molecule has 1 atom stereocenters. The summed E-state index contributed by atoms with van der Waals surface area (Å²) in [6.45, 7) is 6.70. The molecule has 0 radical (unpaired) electrons. The van der Waals surface area contributed by atoms with E-state index in [1.807, 2.05) is 47.8 Å². The van der Waals surface area contributed by atoms with Gasteiger partial charge in [0.2, 0.25) is 0 Å². The Morgan fingerprint density at radius 1 is 1.21 bits per heavy atom. The van der Waals surface area contributed by atoms with Crippen molar-refractivity contribution in [3.8, 4) is 16.9 Å². The molecule has 0 saturated heterocycles. The van der Waals surface area contributed by atoms with E-state index in [-0.39, 0.29) is 17.9 Å². The molecule has 2 aromatic heterocycles. The van der Waals surface area contributed by atoms with Crippen molar-refractivity contribution in [3.63, 3.8) is 0 Å². The number of ether oxygens (including phenoxy) is 1. The molecular formula is C25H23Cl2N3O2S. The molecule has 33 heavy (non-hydrogen) atoms. The Labute approximate surface area is 206 Å². The van der Waals surface area contributed by atoms with E-state index in [1.165, 1.54) is 11.3 Å². The molecule has 1 amide bonds. The second-order valence-electron chi connectivity index (χ2n) is 8.51. The quantitative estimate of drug-likeness (QED) is 0.327. The van der Waals surface area contributed by atoms with E-state index in [0.717, 1.165) is 45.1 Å². The largest absolute Gasteiger partial charge is 0.493 e. The van der Waals surface area contributed by atoms with E-state index >= 15 is 0 Å². The van der Waals surface area contributed by atoms with Crippen LogP contribution in [0.1, 0.15) is 58.9 Å². The van der Waals surface area contributed by atoms with Crippen LogP contribution < -0.4 is 10.1 Å². The highest BCUT2D eigenvalue weighted by Gasteiger charge is 2.29. The predicted octanol–water partition coefficient (Wildman–Crippen LogP) is 7.06. The Morgan fingerprint density at radius 3 is 2.67 bits per heavy atom. The van der Waals surface area contributed by atoms with Crippen LogP contribution in [0.15, 0.2) is 42.5 Å². The molecule has 5 nitrogen and oxygen atoms in total. The summed E-state index contributed by atoms with van der Waals surface area (Å²) in [7, 11) is 0. The Balaban J connectivity index is 1.58. The van der Waals surface area contributed by atoms with Crippen LogP contribution in [-0.4, -0.2) is 22.1 Å². The second-order valence-corrected chi connectivity index (χ2v) is 10.4. The minimum atomic E-state index is -0.0939. The number of amides is 1. The van der Waals surface area contributed by atoms with Gasteiger partial charge in [-0.15, -0.1) is 11.3 Å². The van der Waals surface area contributed by atoms with Crippen LogP contribution in [0.2, 0.25) is 10.0 Å². The van der Waals surface area contributed by atoms with Crippen molar-refractivity contribution in [3.05, 3.63) is 74.3 Å². The van der Waals surface area contributed by atoms with E-state index in [0.29, 0.717) is 21.5 Å². The van der Waals surface area contributed by atoms with Gasteiger partial charge in [0, 0.05) is 27.6 Å². The van der Waals surface area contributed by atoms with Crippen LogP contribution in [0.25, 0.3) is 16.0 Å². The maximum Gasteiger partial charge on any atom is 0.263 e. The standard InChI is InChI=1S/C25H23Cl2N3O2S/c1-13(2)22-23(24(31)28-19-8-9-32-20-7-5-4-6-18(19)20)33-25-21(14(3)29-30(22)25)15-10-16(26)12-17(27)11-15/h4-7,10-13,19H,8-9H2,1-3H3,(H,28,31). The van der Waals surface area contributed by atoms with E-state index in [4.69, 9.17) is 33.0 Å². The number of fused-ring (bicyclic) bond motifs is 2. The number of hydrogen-bond acceptors (Lipinski definition) is 4. The SMILES string of the molecule is Cc1nn2c(C(C)C)c(C(=O)NC3CCOc4ccccc43)sc2c1-c1cc(Cl)cc(Cl)c1. The third kappa shape index (κ3) is 4.01. The van der Waals surface area contributed by atoms with Gasteiger partial charge in [-0.25, -0.2) is 4.52 Å². The molecule has 0 saturated carbocycles. The summed E-state index contributed by atoms with van der Waals surface area (Å²) in [5.41, 5.74) is 4.61. The van der Waals surface area contributed by atoms with Crippen molar-refractivity contribution in [2.24, 2.45) is 0 Å². The van der Waals surface area contributed by atoms with Crippen molar-refractivity contribution in [2.45, 2.75) is 39.2 Å². The van der Waals surface area contributed by atoms with Crippen LogP contribution in [0.4, 0.5) is 0 Å². The summed E-state index contributed by atoms with van der Waals surface area (Å²) in [5.74, 6) is 0.843. The first-order valence-electron chi connectivity index (χ1n) is 10.8. The zero-order valence-corrected chi connectivity index (χ0v) is 20.8. The second kappa shape index (κ2) is 8.67. The van der Waals surface area contributed by atoms with Gasteiger partial charge in [-0.3, -0.25) is 4.79 Å². The highest BCUT2D eigenvalue weighted by atomic mass is 35.5. The summed E-state index contributed by atoms with van der Waals surface area (Å²) >= 11 is 14.0. The first-order chi connectivity index (χ1) is 15.8. The Morgan fingerprint density at radius 2 is 1.94 bits per heavy atom. The number of aryl methyl sites for hydroxylation is 1. The number of thiazole rings is 1. The molecule has 0 spiro atoms. The minimum absolute atomic E-state index is 0.0928. The average Bonchev–Trinajstić information content (AvgIpc) is 3.27.